The van der Waals surface area contributed by atoms with E-state index in [9.17, 15) is 24.3 Å². The van der Waals surface area contributed by atoms with Crippen molar-refractivity contribution in [1.29, 1.82) is 0 Å². The number of phenolic OH excluding ortho intramolecular Hbond substituents is 1. The zero-order valence-electron chi connectivity index (χ0n) is 27.7. The highest BCUT2D eigenvalue weighted by atomic mass is 16.6. The van der Waals surface area contributed by atoms with Gasteiger partial charge in [0.25, 0.3) is 0 Å². The highest BCUT2D eigenvalue weighted by Crippen LogP contribution is 2.21. The molecule has 0 bridgehead atoms. The number of carbonyl (C=O) groups excluding carboxylic acids is 4. The van der Waals surface area contributed by atoms with Crippen molar-refractivity contribution in [1.82, 2.24) is 15.5 Å². The lowest BCUT2D eigenvalue weighted by atomic mass is 10.0. The van der Waals surface area contributed by atoms with Crippen molar-refractivity contribution in [3.8, 4) is 5.75 Å². The fourth-order valence-corrected chi connectivity index (χ4v) is 4.71. The third-order valence-electron chi connectivity index (χ3n) is 6.82. The molecule has 4 amide bonds. The largest absolute Gasteiger partial charge is 0.508 e. The van der Waals surface area contributed by atoms with Crippen molar-refractivity contribution in [2.45, 2.75) is 84.1 Å². The van der Waals surface area contributed by atoms with E-state index >= 15 is 0 Å². The first-order chi connectivity index (χ1) is 21.5. The highest BCUT2D eigenvalue weighted by Gasteiger charge is 2.33. The Morgan fingerprint density at radius 3 is 2.07 bits per heavy atom. The summed E-state index contributed by atoms with van der Waals surface area (Å²) in [5.74, 6) is -0.879. The number of nitrogens with zero attached hydrogens (tertiary/aromatic N) is 1. The van der Waals surface area contributed by atoms with E-state index in [1.807, 2.05) is 36.4 Å². The molecule has 2 atom stereocenters. The number of hydrogen-bond acceptors (Lipinski definition) is 7. The van der Waals surface area contributed by atoms with Crippen molar-refractivity contribution in [2.75, 3.05) is 18.9 Å². The number of amides is 4. The molecule has 0 aliphatic carbocycles. The normalized spacial score (nSPS) is 12.8. The van der Waals surface area contributed by atoms with Gasteiger partial charge in [0.2, 0.25) is 11.8 Å². The van der Waals surface area contributed by atoms with Gasteiger partial charge in [0.1, 0.15) is 29.0 Å². The van der Waals surface area contributed by atoms with Crippen molar-refractivity contribution in [3.63, 3.8) is 0 Å². The van der Waals surface area contributed by atoms with Crippen LogP contribution < -0.4 is 16.0 Å². The number of fused-ring (bicyclic) bond motifs is 1. The van der Waals surface area contributed by atoms with Crippen LogP contribution in [0.3, 0.4) is 0 Å². The minimum Gasteiger partial charge on any atom is -0.508 e. The molecule has 0 unspecified atom stereocenters. The number of hydrogen-bond donors (Lipinski definition) is 4. The van der Waals surface area contributed by atoms with Gasteiger partial charge >= 0.3 is 12.2 Å². The van der Waals surface area contributed by atoms with Crippen molar-refractivity contribution < 1.29 is 33.8 Å². The molecule has 3 aromatic rings. The Kier molecular flexibility index (Phi) is 12.0. The number of likely N-dealkylation sites (N-methyl/N-ethyl adjacent to an activating group) is 1. The second-order valence-corrected chi connectivity index (χ2v) is 13.2. The van der Waals surface area contributed by atoms with E-state index in [-0.39, 0.29) is 25.1 Å². The van der Waals surface area contributed by atoms with Crippen LogP contribution in [0.4, 0.5) is 15.3 Å². The number of aromatic hydroxyl groups is 1. The molecule has 11 heteroatoms. The molecule has 0 saturated carbocycles. The number of anilines is 1. The molecule has 11 nitrogen and oxygen atoms in total. The summed E-state index contributed by atoms with van der Waals surface area (Å²) in [6, 6.07) is 17.6. The van der Waals surface area contributed by atoms with Gasteiger partial charge in [-0.15, -0.1) is 0 Å². The van der Waals surface area contributed by atoms with Crippen LogP contribution in [0.2, 0.25) is 0 Å². The van der Waals surface area contributed by atoms with E-state index in [1.165, 1.54) is 24.1 Å². The number of rotatable bonds is 11. The zero-order chi connectivity index (χ0) is 34.1. The maximum Gasteiger partial charge on any atom is 0.408 e. The minimum absolute atomic E-state index is 0.0641. The molecular weight excluding hydrogens is 588 g/mol. The lowest BCUT2D eigenvalue weighted by molar-refractivity contribution is -0.139. The summed E-state index contributed by atoms with van der Waals surface area (Å²) in [6.45, 7) is 10.7. The van der Waals surface area contributed by atoms with Crippen LogP contribution in [-0.2, 0) is 25.5 Å². The number of alkyl carbamates (subject to hydrolysis) is 2. The first-order valence-electron chi connectivity index (χ1n) is 15.3. The Hall–Kier alpha value is -4.80. The average Bonchev–Trinajstić information content (AvgIpc) is 2.95. The Balaban J connectivity index is 1.84. The van der Waals surface area contributed by atoms with Crippen LogP contribution in [-0.4, -0.2) is 70.9 Å². The van der Waals surface area contributed by atoms with E-state index in [0.717, 1.165) is 10.8 Å². The number of ether oxygens (including phenoxy) is 2. The Morgan fingerprint density at radius 1 is 0.826 bits per heavy atom. The summed E-state index contributed by atoms with van der Waals surface area (Å²) in [4.78, 5) is 54.1. The van der Waals surface area contributed by atoms with Crippen LogP contribution in [0, 0.1) is 0 Å². The van der Waals surface area contributed by atoms with Crippen LogP contribution >= 0.6 is 0 Å². The van der Waals surface area contributed by atoms with Crippen LogP contribution in [0.25, 0.3) is 10.8 Å². The second-order valence-electron chi connectivity index (χ2n) is 13.2. The minimum atomic E-state index is -1.08. The molecular formula is C35H46N4O7. The summed E-state index contributed by atoms with van der Waals surface area (Å²) in [5, 5.41) is 20.0. The Labute approximate surface area is 270 Å². The third kappa shape index (κ3) is 11.6. The highest BCUT2D eigenvalue weighted by molar-refractivity contribution is 5.99. The van der Waals surface area contributed by atoms with Gasteiger partial charge in [-0.3, -0.25) is 9.59 Å². The van der Waals surface area contributed by atoms with Crippen molar-refractivity contribution >= 4 is 40.5 Å². The molecule has 46 heavy (non-hydrogen) atoms. The molecule has 248 valence electrons. The summed E-state index contributed by atoms with van der Waals surface area (Å²) in [6.07, 6.45) is -0.714. The maximum atomic E-state index is 14.0. The Bertz CT molecular complexity index is 1510. The first-order valence-corrected chi connectivity index (χ1v) is 15.3. The van der Waals surface area contributed by atoms with Gasteiger partial charge in [0.15, 0.2) is 0 Å². The summed E-state index contributed by atoms with van der Waals surface area (Å²) >= 11 is 0. The quantitative estimate of drug-likeness (QED) is 0.196. The average molecular weight is 635 g/mol. The van der Waals surface area contributed by atoms with E-state index < -0.39 is 47.3 Å². The fraction of sp³-hybridized carbons (Fsp3) is 0.429. The monoisotopic (exact) mass is 634 g/mol. The second kappa shape index (κ2) is 15.5. The van der Waals surface area contributed by atoms with Crippen molar-refractivity contribution in [2.24, 2.45) is 0 Å². The predicted molar refractivity (Wildman–Crippen MR) is 178 cm³/mol. The molecule has 0 aromatic heterocycles. The first kappa shape index (κ1) is 35.7. The molecule has 0 radical (unpaired) electrons. The van der Waals surface area contributed by atoms with Gasteiger partial charge in [-0.1, -0.05) is 42.5 Å². The predicted octanol–water partition coefficient (Wildman–Crippen LogP) is 5.75. The fourth-order valence-electron chi connectivity index (χ4n) is 4.71. The molecule has 0 aliphatic rings. The van der Waals surface area contributed by atoms with E-state index in [4.69, 9.17) is 9.47 Å². The van der Waals surface area contributed by atoms with Crippen molar-refractivity contribution in [3.05, 3.63) is 72.3 Å². The standard InChI is InChI=1S/C35H46N4O7/c1-34(2,3)45-32(43)36-20-10-13-29(30(41)37-26-17-16-24-11-8-9-12-25(24)22-26)39(7)31(42)28(38-33(44)46-35(4,5)6)21-23-14-18-27(40)19-15-23/h8-9,11-12,14-19,22,28-29,40H,10,13,20-21H2,1-7H3,(H,36,43)(H,37,41)(H,38,44)/t28-,29-/m0/s1. The van der Waals surface area contributed by atoms with Crippen LogP contribution in [0.1, 0.15) is 59.9 Å². The molecule has 0 saturated heterocycles. The molecule has 3 rings (SSSR count). The van der Waals surface area contributed by atoms with Gasteiger partial charge in [0, 0.05) is 25.7 Å². The van der Waals surface area contributed by atoms with Crippen LogP contribution in [0.15, 0.2) is 66.7 Å². The molecule has 4 N–H and O–H groups in total. The summed E-state index contributed by atoms with van der Waals surface area (Å²) in [5.41, 5.74) is -0.216. The number of benzene rings is 3. The Morgan fingerprint density at radius 2 is 1.43 bits per heavy atom. The zero-order valence-corrected chi connectivity index (χ0v) is 27.7. The lowest BCUT2D eigenvalue weighted by Gasteiger charge is -2.31. The summed E-state index contributed by atoms with van der Waals surface area (Å²) < 4.78 is 10.7. The van der Waals surface area contributed by atoms with E-state index in [2.05, 4.69) is 16.0 Å². The SMILES string of the molecule is CN(C(=O)[C@H](Cc1ccc(O)cc1)NC(=O)OC(C)(C)C)[C@@H](CCCNC(=O)OC(C)(C)C)C(=O)Nc1ccc2ccccc2c1. The molecule has 0 spiro atoms. The van der Waals surface area contributed by atoms with Gasteiger partial charge in [0.05, 0.1) is 0 Å². The van der Waals surface area contributed by atoms with E-state index in [1.54, 1.807) is 59.7 Å². The number of phenols is 1. The summed E-state index contributed by atoms with van der Waals surface area (Å²) in [7, 11) is 1.51. The number of carbonyl (C=O) groups is 4. The third-order valence-corrected chi connectivity index (χ3v) is 6.82. The lowest BCUT2D eigenvalue weighted by Crippen LogP contribution is -2.54. The smallest absolute Gasteiger partial charge is 0.408 e. The number of nitrogens with one attached hydrogen (secondary N) is 3. The maximum absolute atomic E-state index is 14.0. The van der Waals surface area contributed by atoms with Crippen LogP contribution in [0.5, 0.6) is 5.75 Å². The molecule has 3 aromatic carbocycles. The molecule has 0 heterocycles. The molecule has 0 fully saturated rings. The molecule has 0 aliphatic heterocycles. The van der Waals surface area contributed by atoms with Gasteiger partial charge < -0.3 is 35.4 Å². The topological polar surface area (TPSA) is 146 Å². The van der Waals surface area contributed by atoms with Gasteiger partial charge in [-0.2, -0.15) is 0 Å². The van der Waals surface area contributed by atoms with E-state index in [0.29, 0.717) is 17.7 Å². The van der Waals surface area contributed by atoms with Gasteiger partial charge in [-0.25, -0.2) is 9.59 Å². The van der Waals surface area contributed by atoms with Gasteiger partial charge in [-0.05, 0) is 95.0 Å².